The molecule has 3 aromatic carbocycles. The second-order valence-electron chi connectivity index (χ2n) is 9.22. The zero-order valence-electron chi connectivity index (χ0n) is 21.9. The van der Waals surface area contributed by atoms with Gasteiger partial charge in [0.05, 0.1) is 17.1 Å². The van der Waals surface area contributed by atoms with Crippen molar-refractivity contribution in [1.29, 1.82) is 0 Å². The minimum Gasteiger partial charge on any atom is -0.352 e. The van der Waals surface area contributed by atoms with Crippen LogP contribution in [0.1, 0.15) is 47.3 Å². The highest BCUT2D eigenvalue weighted by molar-refractivity contribution is 8.04. The number of anilines is 1. The third-order valence-electron chi connectivity index (χ3n) is 6.54. The molecule has 5 nitrogen and oxygen atoms in total. The van der Waals surface area contributed by atoms with Gasteiger partial charge in [0.2, 0.25) is 0 Å². The van der Waals surface area contributed by atoms with Crippen LogP contribution in [0, 0.1) is 6.92 Å². The van der Waals surface area contributed by atoms with Gasteiger partial charge in [0.1, 0.15) is 0 Å². The van der Waals surface area contributed by atoms with E-state index in [1.807, 2.05) is 66.7 Å². The van der Waals surface area contributed by atoms with E-state index >= 15 is 0 Å². The third kappa shape index (κ3) is 6.90. The smallest absolute Gasteiger partial charge is 0.265 e. The zero-order chi connectivity index (χ0) is 26.2. The summed E-state index contributed by atoms with van der Waals surface area (Å²) in [5.41, 5.74) is 4.53. The predicted molar refractivity (Wildman–Crippen MR) is 154 cm³/mol. The van der Waals surface area contributed by atoms with Crippen molar-refractivity contribution in [2.45, 2.75) is 38.6 Å². The molecule has 0 fully saturated rings. The number of carbonyl (C=O) groups is 2. The van der Waals surface area contributed by atoms with Crippen LogP contribution in [-0.2, 0) is 11.3 Å². The Balaban J connectivity index is 1.59. The molecule has 1 aliphatic heterocycles. The first-order chi connectivity index (χ1) is 18.0. The lowest BCUT2D eigenvalue weighted by Gasteiger charge is -2.31. The molecule has 0 aromatic heterocycles. The molecule has 0 aliphatic carbocycles. The number of hydrogen-bond donors (Lipinski definition) is 1. The van der Waals surface area contributed by atoms with E-state index in [9.17, 15) is 9.59 Å². The van der Waals surface area contributed by atoms with Gasteiger partial charge in [0, 0.05) is 17.0 Å². The summed E-state index contributed by atoms with van der Waals surface area (Å²) in [6.45, 7) is 10.4. The van der Waals surface area contributed by atoms with E-state index < -0.39 is 0 Å². The Morgan fingerprint density at radius 1 is 1.00 bits per heavy atom. The molecule has 2 amide bonds. The van der Waals surface area contributed by atoms with Crippen molar-refractivity contribution in [1.82, 2.24) is 10.2 Å². The van der Waals surface area contributed by atoms with E-state index in [0.717, 1.165) is 53.3 Å². The van der Waals surface area contributed by atoms with Crippen LogP contribution in [0.3, 0.4) is 0 Å². The molecule has 1 heterocycles. The van der Waals surface area contributed by atoms with Gasteiger partial charge in [-0.2, -0.15) is 0 Å². The lowest BCUT2D eigenvalue weighted by Crippen LogP contribution is -2.34. The fourth-order valence-corrected chi connectivity index (χ4v) is 5.49. The highest BCUT2D eigenvalue weighted by Gasteiger charge is 2.30. The second kappa shape index (κ2) is 12.7. The van der Waals surface area contributed by atoms with Gasteiger partial charge in [0.25, 0.3) is 11.8 Å². The monoisotopic (exact) mass is 513 g/mol. The second-order valence-corrected chi connectivity index (χ2v) is 10.3. The molecule has 0 unspecified atom stereocenters. The number of thioether (sulfide) groups is 1. The summed E-state index contributed by atoms with van der Waals surface area (Å²) in [5, 5.41) is 3.05. The Bertz CT molecular complexity index is 1270. The maximum Gasteiger partial charge on any atom is 0.265 e. The molecule has 1 aliphatic rings. The number of nitrogens with zero attached hydrogens (tertiary/aromatic N) is 2. The van der Waals surface area contributed by atoms with E-state index in [1.165, 1.54) is 11.8 Å². The number of nitrogens with one attached hydrogen (secondary N) is 1. The van der Waals surface area contributed by atoms with Crippen LogP contribution in [0.25, 0.3) is 6.08 Å². The molecule has 37 heavy (non-hydrogen) atoms. The molecule has 0 spiro atoms. The van der Waals surface area contributed by atoms with Crippen molar-refractivity contribution in [2.24, 2.45) is 0 Å². The number of hydrogen-bond acceptors (Lipinski definition) is 4. The van der Waals surface area contributed by atoms with E-state index in [0.29, 0.717) is 23.6 Å². The van der Waals surface area contributed by atoms with Gasteiger partial charge in [-0.15, -0.1) is 0 Å². The molecule has 192 valence electrons. The number of aryl methyl sites for hydroxylation is 1. The number of rotatable bonds is 10. The summed E-state index contributed by atoms with van der Waals surface area (Å²) >= 11 is 1.46. The molecule has 1 N–H and O–H groups in total. The average molecular weight is 514 g/mol. The fourth-order valence-electron chi connectivity index (χ4n) is 4.45. The third-order valence-corrected chi connectivity index (χ3v) is 7.62. The Kier molecular flexibility index (Phi) is 9.20. The van der Waals surface area contributed by atoms with Crippen LogP contribution < -0.4 is 10.2 Å². The van der Waals surface area contributed by atoms with Crippen LogP contribution in [0.15, 0.2) is 82.6 Å². The number of amides is 2. The molecule has 0 saturated carbocycles. The topological polar surface area (TPSA) is 52.7 Å². The predicted octanol–water partition coefficient (Wildman–Crippen LogP) is 6.14. The summed E-state index contributed by atoms with van der Waals surface area (Å²) in [7, 11) is 0. The molecule has 6 heteroatoms. The van der Waals surface area contributed by atoms with Gasteiger partial charge in [-0.1, -0.05) is 85.8 Å². The van der Waals surface area contributed by atoms with Crippen molar-refractivity contribution in [3.05, 3.63) is 100.0 Å². The van der Waals surface area contributed by atoms with Gasteiger partial charge in [-0.25, -0.2) is 0 Å². The molecule has 0 bridgehead atoms. The van der Waals surface area contributed by atoms with Crippen molar-refractivity contribution < 1.29 is 9.59 Å². The zero-order valence-corrected chi connectivity index (χ0v) is 22.7. The van der Waals surface area contributed by atoms with Crippen LogP contribution >= 0.6 is 11.8 Å². The normalized spacial score (nSPS) is 14.2. The maximum atomic E-state index is 13.7. The SMILES string of the molecule is CCN(CC)CCCNC(=O)c1ccc2c(c1)N(Cc1cccc(C)c1)C(=O)C(=Cc1ccccc1)S2. The van der Waals surface area contributed by atoms with Gasteiger partial charge in [-0.05, 0) is 68.4 Å². The number of carbonyl (C=O) groups excluding carboxylic acids is 2. The lowest BCUT2D eigenvalue weighted by atomic mass is 10.1. The Hall–Kier alpha value is -3.35. The summed E-state index contributed by atoms with van der Waals surface area (Å²) in [6.07, 6.45) is 2.84. The highest BCUT2D eigenvalue weighted by Crippen LogP contribution is 2.43. The summed E-state index contributed by atoms with van der Waals surface area (Å²) < 4.78 is 0. The van der Waals surface area contributed by atoms with E-state index in [1.54, 1.807) is 4.90 Å². The van der Waals surface area contributed by atoms with Gasteiger partial charge in [0.15, 0.2) is 0 Å². The van der Waals surface area contributed by atoms with Gasteiger partial charge < -0.3 is 15.1 Å². The standard InChI is InChI=1S/C31H35N3O2S/c1-4-33(5-2)18-10-17-32-30(35)26-15-16-28-27(21-26)34(22-25-14-9-11-23(3)19-25)31(36)29(37-28)20-24-12-7-6-8-13-24/h6-9,11-16,19-21H,4-5,10,17-18,22H2,1-3H3,(H,32,35). The summed E-state index contributed by atoms with van der Waals surface area (Å²) in [5.74, 6) is -0.166. The quantitative estimate of drug-likeness (QED) is 0.261. The highest BCUT2D eigenvalue weighted by atomic mass is 32.2. The van der Waals surface area contributed by atoms with E-state index in [4.69, 9.17) is 0 Å². The number of fused-ring (bicyclic) bond motifs is 1. The largest absolute Gasteiger partial charge is 0.352 e. The van der Waals surface area contributed by atoms with Crippen molar-refractivity contribution in [2.75, 3.05) is 31.1 Å². The lowest BCUT2D eigenvalue weighted by molar-refractivity contribution is -0.114. The van der Waals surface area contributed by atoms with E-state index in [-0.39, 0.29) is 11.8 Å². The Labute approximate surface area is 224 Å². The van der Waals surface area contributed by atoms with Crippen molar-refractivity contribution >= 4 is 35.3 Å². The molecule has 4 rings (SSSR count). The first-order valence-electron chi connectivity index (χ1n) is 12.9. The van der Waals surface area contributed by atoms with Crippen LogP contribution in [0.4, 0.5) is 5.69 Å². The van der Waals surface area contributed by atoms with Crippen molar-refractivity contribution in [3.63, 3.8) is 0 Å². The molecule has 0 saturated heterocycles. The average Bonchev–Trinajstić information content (AvgIpc) is 2.91. The Morgan fingerprint density at radius 2 is 1.78 bits per heavy atom. The first-order valence-corrected chi connectivity index (χ1v) is 13.8. The first kappa shape index (κ1) is 26.7. The van der Waals surface area contributed by atoms with Crippen LogP contribution in [0.5, 0.6) is 0 Å². The maximum absolute atomic E-state index is 13.7. The molecular weight excluding hydrogens is 478 g/mol. The minimum absolute atomic E-state index is 0.0559. The summed E-state index contributed by atoms with van der Waals surface area (Å²) in [4.78, 5) is 32.5. The molecule has 3 aromatic rings. The van der Waals surface area contributed by atoms with Gasteiger partial charge in [-0.3, -0.25) is 9.59 Å². The van der Waals surface area contributed by atoms with Gasteiger partial charge >= 0.3 is 0 Å². The molecule has 0 atom stereocenters. The molecular formula is C31H35N3O2S. The summed E-state index contributed by atoms with van der Waals surface area (Å²) in [6, 6.07) is 23.8. The molecule has 0 radical (unpaired) electrons. The number of benzene rings is 3. The van der Waals surface area contributed by atoms with Crippen molar-refractivity contribution in [3.8, 4) is 0 Å². The van der Waals surface area contributed by atoms with E-state index in [2.05, 4.69) is 43.1 Å². The fraction of sp³-hybridized carbons (Fsp3) is 0.290. The Morgan fingerprint density at radius 3 is 2.51 bits per heavy atom. The van der Waals surface area contributed by atoms with Crippen LogP contribution in [0.2, 0.25) is 0 Å². The van der Waals surface area contributed by atoms with Crippen LogP contribution in [-0.4, -0.2) is 42.9 Å². The minimum atomic E-state index is -0.110.